The molecule has 1 rings (SSSR count). The highest BCUT2D eigenvalue weighted by molar-refractivity contribution is 7.87. The van der Waals surface area contributed by atoms with E-state index in [1.807, 2.05) is 6.92 Å². The van der Waals surface area contributed by atoms with E-state index in [9.17, 15) is 13.2 Å². The lowest BCUT2D eigenvalue weighted by Gasteiger charge is -2.28. The van der Waals surface area contributed by atoms with Crippen molar-refractivity contribution in [2.45, 2.75) is 26.3 Å². The van der Waals surface area contributed by atoms with Crippen LogP contribution in [0, 0.1) is 5.92 Å². The molecule has 0 spiro atoms. The topological polar surface area (TPSA) is 95.9 Å². The Hall–Kier alpha value is -0.700. The fourth-order valence-electron chi connectivity index (χ4n) is 2.01. The molecular formula is C10H20N2O5S. The molecular weight excluding hydrogens is 260 g/mol. The van der Waals surface area contributed by atoms with Crippen LogP contribution in [0.4, 0.5) is 0 Å². The minimum absolute atomic E-state index is 0.0574. The Morgan fingerprint density at radius 2 is 2.11 bits per heavy atom. The fraction of sp³-hybridized carbons (Fsp3) is 0.900. The molecule has 1 aliphatic heterocycles. The van der Waals surface area contributed by atoms with Gasteiger partial charge in [0, 0.05) is 13.1 Å². The first kappa shape index (κ1) is 15.4. The maximum absolute atomic E-state index is 12.0. The van der Waals surface area contributed by atoms with Gasteiger partial charge in [-0.1, -0.05) is 13.8 Å². The van der Waals surface area contributed by atoms with E-state index in [-0.39, 0.29) is 26.3 Å². The van der Waals surface area contributed by atoms with Gasteiger partial charge in [0.2, 0.25) is 0 Å². The first-order valence-electron chi connectivity index (χ1n) is 6.01. The average Bonchev–Trinajstić information content (AvgIpc) is 2.73. The third-order valence-corrected chi connectivity index (χ3v) is 4.54. The third-order valence-electron chi connectivity index (χ3n) is 2.82. The van der Waals surface area contributed by atoms with Gasteiger partial charge in [-0.15, -0.1) is 0 Å². The smallest absolute Gasteiger partial charge is 0.310 e. The van der Waals surface area contributed by atoms with Gasteiger partial charge < -0.3 is 9.84 Å². The molecule has 1 saturated heterocycles. The summed E-state index contributed by atoms with van der Waals surface area (Å²) in [5, 5.41) is 9.07. The fourth-order valence-corrected chi connectivity index (χ4v) is 3.53. The highest BCUT2D eigenvalue weighted by Gasteiger charge is 2.42. The molecule has 7 nitrogen and oxygen atoms in total. The molecule has 0 aromatic heterocycles. The number of nitrogens with zero attached hydrogens (tertiary/aromatic N) is 1. The highest BCUT2D eigenvalue weighted by atomic mass is 32.2. The first-order chi connectivity index (χ1) is 8.44. The van der Waals surface area contributed by atoms with Crippen LogP contribution in [-0.2, 0) is 19.7 Å². The van der Waals surface area contributed by atoms with Crippen LogP contribution in [0.15, 0.2) is 0 Å². The van der Waals surface area contributed by atoms with Gasteiger partial charge in [0.15, 0.2) is 0 Å². The van der Waals surface area contributed by atoms with Crippen molar-refractivity contribution in [1.29, 1.82) is 0 Å². The predicted octanol–water partition coefficient (Wildman–Crippen LogP) is -0.348. The zero-order chi connectivity index (χ0) is 13.8. The number of carboxylic acid groups (broad SMARTS) is 1. The second kappa shape index (κ2) is 6.46. The summed E-state index contributed by atoms with van der Waals surface area (Å²) >= 11 is 0. The minimum Gasteiger partial charge on any atom is -0.481 e. The van der Waals surface area contributed by atoms with Crippen LogP contribution in [0.5, 0.6) is 0 Å². The number of nitrogens with one attached hydrogen (secondary N) is 1. The van der Waals surface area contributed by atoms with Gasteiger partial charge in [0.1, 0.15) is 0 Å². The zero-order valence-electron chi connectivity index (χ0n) is 10.6. The average molecular weight is 280 g/mol. The summed E-state index contributed by atoms with van der Waals surface area (Å²) in [5.74, 6) is -1.82. The summed E-state index contributed by atoms with van der Waals surface area (Å²) in [7, 11) is -3.64. The Labute approximate surface area is 107 Å². The van der Waals surface area contributed by atoms with Crippen molar-refractivity contribution >= 4 is 16.2 Å². The molecule has 1 heterocycles. The second-order valence-corrected chi connectivity index (χ2v) is 5.87. The molecule has 0 aromatic rings. The molecule has 0 aromatic carbocycles. The Morgan fingerprint density at radius 3 is 2.61 bits per heavy atom. The van der Waals surface area contributed by atoms with Crippen molar-refractivity contribution in [2.75, 3.05) is 26.3 Å². The van der Waals surface area contributed by atoms with Crippen LogP contribution in [-0.4, -0.2) is 56.1 Å². The van der Waals surface area contributed by atoms with Crippen LogP contribution in [0.25, 0.3) is 0 Å². The molecule has 1 aliphatic rings. The van der Waals surface area contributed by atoms with Gasteiger partial charge in [-0.05, 0) is 6.42 Å². The van der Waals surface area contributed by atoms with Gasteiger partial charge >= 0.3 is 5.97 Å². The predicted molar refractivity (Wildman–Crippen MR) is 65.3 cm³/mol. The van der Waals surface area contributed by atoms with Gasteiger partial charge in [-0.25, -0.2) is 4.72 Å². The van der Waals surface area contributed by atoms with E-state index in [1.54, 1.807) is 6.92 Å². The number of rotatable bonds is 7. The van der Waals surface area contributed by atoms with Gasteiger partial charge in [0.25, 0.3) is 10.2 Å². The maximum atomic E-state index is 12.0. The number of carboxylic acids is 1. The minimum atomic E-state index is -3.64. The summed E-state index contributed by atoms with van der Waals surface area (Å²) < 4.78 is 32.8. The molecule has 0 aliphatic carbocycles. The lowest BCUT2D eigenvalue weighted by Crippen LogP contribution is -2.51. The van der Waals surface area contributed by atoms with E-state index in [0.717, 1.165) is 0 Å². The molecule has 1 fully saturated rings. The van der Waals surface area contributed by atoms with E-state index in [2.05, 4.69) is 4.72 Å². The lowest BCUT2D eigenvalue weighted by atomic mass is 10.0. The summed E-state index contributed by atoms with van der Waals surface area (Å²) in [5.41, 5.74) is 0. The number of aliphatic carboxylic acids is 1. The van der Waals surface area contributed by atoms with Gasteiger partial charge in [-0.3, -0.25) is 4.79 Å². The number of ether oxygens (including phenoxy) is 1. The molecule has 8 heteroatoms. The van der Waals surface area contributed by atoms with Crippen molar-refractivity contribution in [3.05, 3.63) is 0 Å². The van der Waals surface area contributed by atoms with E-state index in [1.165, 1.54) is 4.31 Å². The molecule has 2 atom stereocenters. The monoisotopic (exact) mass is 280 g/mol. The van der Waals surface area contributed by atoms with Crippen LogP contribution in [0.2, 0.25) is 0 Å². The van der Waals surface area contributed by atoms with Gasteiger partial charge in [-0.2, -0.15) is 12.7 Å². The van der Waals surface area contributed by atoms with Crippen molar-refractivity contribution in [1.82, 2.24) is 9.03 Å². The number of carbonyl (C=O) groups is 1. The quantitative estimate of drug-likeness (QED) is 0.664. The zero-order valence-corrected chi connectivity index (χ0v) is 11.4. The third kappa shape index (κ3) is 3.41. The summed E-state index contributed by atoms with van der Waals surface area (Å²) in [6.07, 6.45) is 0.619. The molecule has 2 N–H and O–H groups in total. The van der Waals surface area contributed by atoms with E-state index in [0.29, 0.717) is 6.42 Å². The van der Waals surface area contributed by atoms with Crippen molar-refractivity contribution in [3.8, 4) is 0 Å². The second-order valence-electron chi connectivity index (χ2n) is 4.16. The SMILES string of the molecule is CCCN(C1COCC1C(=O)O)S(=O)(=O)NCC. The Kier molecular flexibility index (Phi) is 5.51. The van der Waals surface area contributed by atoms with Crippen molar-refractivity contribution in [3.63, 3.8) is 0 Å². The molecule has 0 saturated carbocycles. The van der Waals surface area contributed by atoms with Crippen LogP contribution in [0.1, 0.15) is 20.3 Å². The number of hydrogen-bond donors (Lipinski definition) is 2. The highest BCUT2D eigenvalue weighted by Crippen LogP contribution is 2.22. The number of hydrogen-bond acceptors (Lipinski definition) is 4. The molecule has 0 amide bonds. The maximum Gasteiger partial charge on any atom is 0.310 e. The van der Waals surface area contributed by atoms with Gasteiger partial charge in [0.05, 0.1) is 25.2 Å². The summed E-state index contributed by atoms with van der Waals surface area (Å²) in [6, 6.07) is -0.633. The summed E-state index contributed by atoms with van der Waals surface area (Å²) in [6.45, 7) is 4.27. The van der Waals surface area contributed by atoms with E-state index in [4.69, 9.17) is 9.84 Å². The van der Waals surface area contributed by atoms with E-state index >= 15 is 0 Å². The van der Waals surface area contributed by atoms with Crippen LogP contribution >= 0.6 is 0 Å². The standard InChI is InChI=1S/C10H20N2O5S/c1-3-5-12(18(15,16)11-4-2)9-7-17-6-8(9)10(13)14/h8-9,11H,3-7H2,1-2H3,(H,13,14). The molecule has 2 unspecified atom stereocenters. The normalized spacial score (nSPS) is 24.6. The molecule has 106 valence electrons. The van der Waals surface area contributed by atoms with Crippen molar-refractivity contribution in [2.24, 2.45) is 5.92 Å². The Bertz CT molecular complexity index is 384. The first-order valence-corrected chi connectivity index (χ1v) is 7.45. The molecule has 0 radical (unpaired) electrons. The Morgan fingerprint density at radius 1 is 1.44 bits per heavy atom. The largest absolute Gasteiger partial charge is 0.481 e. The summed E-state index contributed by atoms with van der Waals surface area (Å²) in [4.78, 5) is 11.1. The van der Waals surface area contributed by atoms with Crippen LogP contribution < -0.4 is 4.72 Å². The van der Waals surface area contributed by atoms with E-state index < -0.39 is 28.1 Å². The molecule has 0 bridgehead atoms. The molecule has 18 heavy (non-hydrogen) atoms. The van der Waals surface area contributed by atoms with Crippen molar-refractivity contribution < 1.29 is 23.1 Å². The lowest BCUT2D eigenvalue weighted by molar-refractivity contribution is -0.142. The van der Waals surface area contributed by atoms with Crippen LogP contribution in [0.3, 0.4) is 0 Å². The Balaban J connectivity index is 2.94.